The topological polar surface area (TPSA) is 66.6 Å². The fraction of sp³-hybridized carbons (Fsp3) is 0.429. The highest BCUT2D eigenvalue weighted by Gasteiger charge is 2.14. The molecule has 0 atom stereocenters. The smallest absolute Gasteiger partial charge is 0.241 e. The van der Waals surface area contributed by atoms with Gasteiger partial charge in [-0.25, -0.2) is 0 Å². The van der Waals surface area contributed by atoms with E-state index < -0.39 is 0 Å². The summed E-state index contributed by atoms with van der Waals surface area (Å²) in [6.45, 7) is 0.107. The van der Waals surface area contributed by atoms with Crippen LogP contribution in [0.25, 0.3) is 0 Å². The van der Waals surface area contributed by atoms with E-state index in [0.29, 0.717) is 18.5 Å². The zero-order valence-electron chi connectivity index (χ0n) is 12.1. The number of hydrogen-bond acceptors (Lipinski definition) is 3. The van der Waals surface area contributed by atoms with Gasteiger partial charge in [-0.2, -0.15) is 0 Å². The monoisotopic (exact) mass is 299 g/mol. The predicted molar refractivity (Wildman–Crippen MR) is 82.8 cm³/mol. The zero-order chi connectivity index (χ0) is 14.4. The third kappa shape index (κ3) is 5.48. The number of aryl methyl sites for hydroxylation is 1. The van der Waals surface area contributed by atoms with Crippen LogP contribution < -0.4 is 5.73 Å². The summed E-state index contributed by atoms with van der Waals surface area (Å²) in [5.41, 5.74) is 7.48. The molecule has 1 aromatic rings. The van der Waals surface area contributed by atoms with Crippen LogP contribution in [0, 0.1) is 0 Å². The van der Waals surface area contributed by atoms with Gasteiger partial charge in [-0.1, -0.05) is 18.2 Å². The summed E-state index contributed by atoms with van der Waals surface area (Å²) in [7, 11) is 4.98. The van der Waals surface area contributed by atoms with Crippen molar-refractivity contribution in [3.05, 3.63) is 29.8 Å². The summed E-state index contributed by atoms with van der Waals surface area (Å²) in [5.74, 6) is -0.145. The van der Waals surface area contributed by atoms with Gasteiger partial charge in [-0.3, -0.25) is 9.59 Å². The van der Waals surface area contributed by atoms with E-state index in [2.05, 4.69) is 0 Å². The number of carbonyl (C=O) groups is 2. The van der Waals surface area contributed by atoms with E-state index in [1.54, 1.807) is 21.1 Å². The van der Waals surface area contributed by atoms with Crippen molar-refractivity contribution in [3.63, 3.8) is 0 Å². The third-order valence-corrected chi connectivity index (χ3v) is 2.96. The molecule has 0 aliphatic rings. The molecule has 0 heterocycles. The Morgan fingerprint density at radius 3 is 2.25 bits per heavy atom. The lowest BCUT2D eigenvalue weighted by Crippen LogP contribution is -2.37. The number of nitrogens with two attached hydrogens (primary N) is 1. The molecule has 0 aliphatic heterocycles. The lowest BCUT2D eigenvalue weighted by atomic mass is 10.1. The first-order chi connectivity index (χ1) is 8.91. The van der Waals surface area contributed by atoms with E-state index in [0.717, 1.165) is 5.56 Å². The molecule has 1 aromatic carbocycles. The van der Waals surface area contributed by atoms with Crippen molar-refractivity contribution >= 4 is 29.9 Å². The van der Waals surface area contributed by atoms with Crippen LogP contribution in [-0.2, 0) is 16.0 Å². The molecule has 0 fully saturated rings. The minimum absolute atomic E-state index is 0. The summed E-state index contributed by atoms with van der Waals surface area (Å²) in [4.78, 5) is 26.3. The largest absolute Gasteiger partial charge is 0.399 e. The zero-order valence-corrected chi connectivity index (χ0v) is 12.9. The van der Waals surface area contributed by atoms with Gasteiger partial charge in [0, 0.05) is 33.3 Å². The summed E-state index contributed by atoms with van der Waals surface area (Å²) in [6.07, 6.45) is 0.942. The Bertz CT molecular complexity index is 463. The molecule has 0 aromatic heterocycles. The normalized spacial score (nSPS) is 9.55. The Kier molecular flexibility index (Phi) is 7.69. The number of anilines is 1. The van der Waals surface area contributed by atoms with Crippen molar-refractivity contribution in [2.75, 3.05) is 33.4 Å². The number of para-hydroxylation sites is 1. The maximum atomic E-state index is 11.9. The van der Waals surface area contributed by atoms with E-state index in [1.165, 1.54) is 9.80 Å². The Morgan fingerprint density at radius 2 is 1.70 bits per heavy atom. The van der Waals surface area contributed by atoms with Crippen LogP contribution in [0.4, 0.5) is 5.69 Å². The van der Waals surface area contributed by atoms with Gasteiger partial charge in [0.15, 0.2) is 0 Å². The highest BCUT2D eigenvalue weighted by Crippen LogP contribution is 2.13. The second kappa shape index (κ2) is 8.43. The SMILES string of the molecule is CN(C)C(=O)CN(C)C(=O)CCc1ccccc1N.Cl. The molecule has 0 saturated heterocycles. The molecule has 5 nitrogen and oxygen atoms in total. The number of nitrogen functional groups attached to an aromatic ring is 1. The van der Waals surface area contributed by atoms with E-state index >= 15 is 0 Å². The standard InChI is InChI=1S/C14H21N3O2.ClH/c1-16(2)14(19)10-17(3)13(18)9-8-11-6-4-5-7-12(11)15;/h4-7H,8-10,15H2,1-3H3;1H. The fourth-order valence-corrected chi connectivity index (χ4v) is 1.63. The molecule has 0 radical (unpaired) electrons. The Hall–Kier alpha value is -1.75. The number of carbonyl (C=O) groups excluding carboxylic acids is 2. The van der Waals surface area contributed by atoms with Gasteiger partial charge < -0.3 is 15.5 Å². The molecule has 0 bridgehead atoms. The Labute approximate surface area is 126 Å². The van der Waals surface area contributed by atoms with Crippen LogP contribution in [0.1, 0.15) is 12.0 Å². The van der Waals surface area contributed by atoms with Crippen LogP contribution in [-0.4, -0.2) is 49.3 Å². The number of amides is 2. The van der Waals surface area contributed by atoms with Crippen molar-refractivity contribution in [1.29, 1.82) is 0 Å². The van der Waals surface area contributed by atoms with Crippen molar-refractivity contribution in [2.24, 2.45) is 0 Å². The van der Waals surface area contributed by atoms with Crippen LogP contribution in [0.2, 0.25) is 0 Å². The molecule has 0 aliphatic carbocycles. The minimum Gasteiger partial charge on any atom is -0.399 e. The van der Waals surface area contributed by atoms with Gasteiger partial charge >= 0.3 is 0 Å². The molecular weight excluding hydrogens is 278 g/mol. The molecule has 0 spiro atoms. The molecule has 2 amide bonds. The van der Waals surface area contributed by atoms with Crippen molar-refractivity contribution < 1.29 is 9.59 Å². The number of benzene rings is 1. The van der Waals surface area contributed by atoms with Crippen LogP contribution >= 0.6 is 12.4 Å². The van der Waals surface area contributed by atoms with Crippen LogP contribution in [0.15, 0.2) is 24.3 Å². The molecule has 2 N–H and O–H groups in total. The third-order valence-electron chi connectivity index (χ3n) is 2.96. The van der Waals surface area contributed by atoms with E-state index in [4.69, 9.17) is 5.73 Å². The minimum atomic E-state index is -0.0879. The van der Waals surface area contributed by atoms with Crippen LogP contribution in [0.3, 0.4) is 0 Å². The van der Waals surface area contributed by atoms with Crippen molar-refractivity contribution in [3.8, 4) is 0 Å². The number of likely N-dealkylation sites (N-methyl/N-ethyl adjacent to an activating group) is 2. The lowest BCUT2D eigenvalue weighted by Gasteiger charge is -2.19. The van der Waals surface area contributed by atoms with Gasteiger partial charge in [0.2, 0.25) is 11.8 Å². The van der Waals surface area contributed by atoms with E-state index in [9.17, 15) is 9.59 Å². The quantitative estimate of drug-likeness (QED) is 0.830. The maximum absolute atomic E-state index is 11.9. The van der Waals surface area contributed by atoms with Gasteiger partial charge in [0.25, 0.3) is 0 Å². The summed E-state index contributed by atoms with van der Waals surface area (Å²) in [6, 6.07) is 7.49. The maximum Gasteiger partial charge on any atom is 0.241 e. The highest BCUT2D eigenvalue weighted by atomic mass is 35.5. The summed E-state index contributed by atoms with van der Waals surface area (Å²) < 4.78 is 0. The highest BCUT2D eigenvalue weighted by molar-refractivity contribution is 5.85. The molecule has 0 unspecified atom stereocenters. The number of rotatable bonds is 5. The average molecular weight is 300 g/mol. The Balaban J connectivity index is 0.00000361. The fourth-order valence-electron chi connectivity index (χ4n) is 1.63. The van der Waals surface area contributed by atoms with Gasteiger partial charge in [-0.15, -0.1) is 12.4 Å². The number of hydrogen-bond donors (Lipinski definition) is 1. The average Bonchev–Trinajstić information content (AvgIpc) is 2.37. The van der Waals surface area contributed by atoms with Crippen molar-refractivity contribution in [1.82, 2.24) is 9.80 Å². The van der Waals surface area contributed by atoms with Crippen molar-refractivity contribution in [2.45, 2.75) is 12.8 Å². The molecular formula is C14H22ClN3O2. The second-order valence-corrected chi connectivity index (χ2v) is 4.74. The number of halogens is 1. The lowest BCUT2D eigenvalue weighted by molar-refractivity contribution is -0.137. The molecule has 112 valence electrons. The van der Waals surface area contributed by atoms with E-state index in [-0.39, 0.29) is 30.8 Å². The molecule has 0 saturated carbocycles. The summed E-state index contributed by atoms with van der Waals surface area (Å²) in [5, 5.41) is 0. The molecule has 20 heavy (non-hydrogen) atoms. The summed E-state index contributed by atoms with van der Waals surface area (Å²) >= 11 is 0. The van der Waals surface area contributed by atoms with Gasteiger partial charge in [-0.05, 0) is 18.1 Å². The second-order valence-electron chi connectivity index (χ2n) is 4.74. The molecule has 1 rings (SSSR count). The first-order valence-electron chi connectivity index (χ1n) is 6.19. The first-order valence-corrected chi connectivity index (χ1v) is 6.19. The molecule has 6 heteroatoms. The Morgan fingerprint density at radius 1 is 1.10 bits per heavy atom. The van der Waals surface area contributed by atoms with Gasteiger partial charge in [0.1, 0.15) is 0 Å². The first kappa shape index (κ1) is 18.2. The predicted octanol–water partition coefficient (Wildman–Crippen LogP) is 1.17. The van der Waals surface area contributed by atoms with Gasteiger partial charge in [0.05, 0.1) is 6.54 Å². The number of nitrogens with zero attached hydrogens (tertiary/aromatic N) is 2. The van der Waals surface area contributed by atoms with E-state index in [1.807, 2.05) is 24.3 Å². The van der Waals surface area contributed by atoms with Crippen LogP contribution in [0.5, 0.6) is 0 Å².